The smallest absolute Gasteiger partial charge is 0.252 e. The maximum atomic E-state index is 12.2. The highest BCUT2D eigenvalue weighted by Gasteiger charge is 2.47. The summed E-state index contributed by atoms with van der Waals surface area (Å²) < 4.78 is 12.6. The molecule has 0 aliphatic carbocycles. The van der Waals surface area contributed by atoms with E-state index in [0.29, 0.717) is 40.7 Å². The molecule has 1 aliphatic heterocycles. The van der Waals surface area contributed by atoms with Crippen molar-refractivity contribution in [3.05, 3.63) is 24.8 Å². The van der Waals surface area contributed by atoms with Crippen LogP contribution in [0.15, 0.2) is 24.8 Å². The molecule has 1 aliphatic rings. The zero-order valence-corrected chi connectivity index (χ0v) is 17.2. The van der Waals surface area contributed by atoms with E-state index in [1.165, 1.54) is 18.0 Å². The number of hydrogen-bond acceptors (Lipinski definition) is 10. The van der Waals surface area contributed by atoms with Crippen LogP contribution in [0.2, 0.25) is 0 Å². The van der Waals surface area contributed by atoms with Crippen LogP contribution in [0.3, 0.4) is 0 Å². The van der Waals surface area contributed by atoms with Gasteiger partial charge in [0, 0.05) is 26.0 Å². The van der Waals surface area contributed by atoms with Gasteiger partial charge < -0.3 is 30.3 Å². The first-order valence-electron chi connectivity index (χ1n) is 9.70. The molecule has 1 saturated heterocycles. The van der Waals surface area contributed by atoms with Crippen molar-refractivity contribution < 1.29 is 24.5 Å². The number of aromatic nitrogens is 5. The molecule has 3 aromatic heterocycles. The Bertz CT molecular complexity index is 1100. The van der Waals surface area contributed by atoms with Gasteiger partial charge in [0.25, 0.3) is 5.91 Å². The van der Waals surface area contributed by atoms with Crippen LogP contribution in [-0.4, -0.2) is 79.6 Å². The summed E-state index contributed by atoms with van der Waals surface area (Å²) >= 11 is 0. The lowest BCUT2D eigenvalue weighted by molar-refractivity contribution is -0.137. The van der Waals surface area contributed by atoms with Crippen molar-refractivity contribution in [3.8, 4) is 17.1 Å². The van der Waals surface area contributed by atoms with Gasteiger partial charge in [0.05, 0.1) is 19.0 Å². The minimum absolute atomic E-state index is 0.317. The van der Waals surface area contributed by atoms with Crippen molar-refractivity contribution in [2.24, 2.45) is 0 Å². The summed E-state index contributed by atoms with van der Waals surface area (Å²) in [5.74, 6) is 0.786. The number of ether oxygens (including phenoxy) is 2. The van der Waals surface area contributed by atoms with Gasteiger partial charge in [-0.25, -0.2) is 15.0 Å². The first-order chi connectivity index (χ1) is 15.0. The van der Waals surface area contributed by atoms with Gasteiger partial charge in [-0.3, -0.25) is 14.3 Å². The first-order valence-corrected chi connectivity index (χ1v) is 9.70. The molecule has 4 heterocycles. The van der Waals surface area contributed by atoms with E-state index in [1.54, 1.807) is 32.4 Å². The minimum atomic E-state index is -1.41. The molecule has 3 aromatic rings. The number of imidazole rings is 1. The second-order valence-corrected chi connectivity index (χ2v) is 6.87. The largest absolute Gasteiger partial charge is 0.496 e. The van der Waals surface area contributed by atoms with E-state index in [0.717, 1.165) is 0 Å². The Morgan fingerprint density at radius 1 is 1.32 bits per heavy atom. The Balaban J connectivity index is 1.80. The van der Waals surface area contributed by atoms with Crippen LogP contribution in [0.4, 0.5) is 5.82 Å². The lowest BCUT2D eigenvalue weighted by Gasteiger charge is -2.17. The van der Waals surface area contributed by atoms with Gasteiger partial charge in [-0.05, 0) is 13.0 Å². The average Bonchev–Trinajstić information content (AvgIpc) is 3.34. The zero-order chi connectivity index (χ0) is 22.1. The summed E-state index contributed by atoms with van der Waals surface area (Å²) in [7, 11) is 3.23. The zero-order valence-electron chi connectivity index (χ0n) is 17.2. The normalized spacial score (nSPS) is 23.1. The maximum absolute atomic E-state index is 12.2. The van der Waals surface area contributed by atoms with Crippen molar-refractivity contribution in [1.82, 2.24) is 29.8 Å². The number of carbonyl (C=O) groups is 1. The van der Waals surface area contributed by atoms with Crippen molar-refractivity contribution in [3.63, 3.8) is 0 Å². The van der Waals surface area contributed by atoms with Crippen molar-refractivity contribution in [2.75, 3.05) is 26.0 Å². The predicted octanol–water partition coefficient (Wildman–Crippen LogP) is -0.306. The fourth-order valence-electron chi connectivity index (χ4n) is 3.51. The van der Waals surface area contributed by atoms with Gasteiger partial charge in [-0.2, -0.15) is 0 Å². The molecule has 31 heavy (non-hydrogen) atoms. The Labute approximate surface area is 177 Å². The summed E-state index contributed by atoms with van der Waals surface area (Å²) in [6.45, 7) is 2.12. The fraction of sp³-hybridized carbons (Fsp3) is 0.421. The summed E-state index contributed by atoms with van der Waals surface area (Å²) in [4.78, 5) is 29.7. The van der Waals surface area contributed by atoms with Crippen LogP contribution in [0.25, 0.3) is 22.6 Å². The monoisotopic (exact) mass is 429 g/mol. The summed E-state index contributed by atoms with van der Waals surface area (Å²) in [5, 5.41) is 26.5. The van der Waals surface area contributed by atoms with Crippen LogP contribution in [0, 0.1) is 0 Å². The number of carbonyl (C=O) groups excluding carboxylic acids is 1. The molecule has 0 bridgehead atoms. The van der Waals surface area contributed by atoms with Crippen LogP contribution in [0.1, 0.15) is 13.2 Å². The van der Waals surface area contributed by atoms with Gasteiger partial charge >= 0.3 is 0 Å². The number of hydrogen-bond donors (Lipinski definition) is 4. The van der Waals surface area contributed by atoms with Gasteiger partial charge in [-0.15, -0.1) is 0 Å². The molecular weight excluding hydrogens is 406 g/mol. The number of nitrogens with zero attached hydrogens (tertiary/aromatic N) is 5. The number of rotatable bonds is 6. The second kappa shape index (κ2) is 8.41. The van der Waals surface area contributed by atoms with Gasteiger partial charge in [-0.1, -0.05) is 0 Å². The van der Waals surface area contributed by atoms with Crippen molar-refractivity contribution in [1.29, 1.82) is 0 Å². The highest BCUT2D eigenvalue weighted by Crippen LogP contribution is 2.34. The number of aliphatic hydroxyl groups excluding tert-OH is 2. The molecule has 4 rings (SSSR count). The number of amides is 1. The Kier molecular flexibility index (Phi) is 5.67. The van der Waals surface area contributed by atoms with E-state index in [2.05, 4.69) is 30.6 Å². The number of aliphatic hydroxyl groups is 2. The molecule has 12 nitrogen and oxygen atoms in total. The standard InChI is InChI=1S/C19H23N7O5/c1-4-22-18(29)14-12(27)13(28)19(31-14)26-8-23-11-16(20-2)24-15(25-17(11)26)9-7-21-6-5-10(9)30-3/h5-8,12-14,19,27-28H,4H2,1-3H3,(H,22,29)(H,20,24,25). The number of pyridine rings is 1. The van der Waals surface area contributed by atoms with E-state index in [4.69, 9.17) is 9.47 Å². The Morgan fingerprint density at radius 2 is 2.13 bits per heavy atom. The van der Waals surface area contributed by atoms with Crippen LogP contribution in [-0.2, 0) is 9.53 Å². The van der Waals surface area contributed by atoms with E-state index >= 15 is 0 Å². The van der Waals surface area contributed by atoms with E-state index < -0.39 is 30.4 Å². The molecule has 0 spiro atoms. The number of anilines is 1. The van der Waals surface area contributed by atoms with Gasteiger partial charge in [0.1, 0.15) is 18.0 Å². The molecule has 12 heteroatoms. The van der Waals surface area contributed by atoms with Crippen molar-refractivity contribution in [2.45, 2.75) is 31.5 Å². The summed E-state index contributed by atoms with van der Waals surface area (Å²) in [5.41, 5.74) is 1.33. The minimum Gasteiger partial charge on any atom is -0.496 e. The number of likely N-dealkylation sites (N-methyl/N-ethyl adjacent to an activating group) is 1. The summed E-state index contributed by atoms with van der Waals surface area (Å²) in [6.07, 6.45) is -0.472. The highest BCUT2D eigenvalue weighted by atomic mass is 16.6. The van der Waals surface area contributed by atoms with Crippen LogP contribution >= 0.6 is 0 Å². The van der Waals surface area contributed by atoms with E-state index in [-0.39, 0.29) is 0 Å². The van der Waals surface area contributed by atoms with Gasteiger partial charge in [0.15, 0.2) is 35.1 Å². The van der Waals surface area contributed by atoms with Gasteiger partial charge in [0.2, 0.25) is 0 Å². The highest BCUT2D eigenvalue weighted by molar-refractivity contribution is 5.86. The summed E-state index contributed by atoms with van der Waals surface area (Å²) in [6, 6.07) is 1.69. The SMILES string of the molecule is CCNC(=O)C1OC(n2cnc3c(NC)nc(-c4cnccc4OC)nc32)C(O)C1O. The molecule has 4 atom stereocenters. The first kappa shape index (κ1) is 20.9. The maximum Gasteiger partial charge on any atom is 0.252 e. The third-order valence-electron chi connectivity index (χ3n) is 5.02. The molecule has 164 valence electrons. The molecule has 1 fully saturated rings. The van der Waals surface area contributed by atoms with E-state index in [1.807, 2.05) is 0 Å². The number of fused-ring (bicyclic) bond motifs is 1. The lowest BCUT2D eigenvalue weighted by atomic mass is 10.1. The van der Waals surface area contributed by atoms with Crippen molar-refractivity contribution >= 4 is 22.9 Å². The molecule has 0 aromatic carbocycles. The Hall–Kier alpha value is -3.35. The van der Waals surface area contributed by atoms with Crippen LogP contribution < -0.4 is 15.4 Å². The number of nitrogens with one attached hydrogen (secondary N) is 2. The van der Waals surface area contributed by atoms with E-state index in [9.17, 15) is 15.0 Å². The lowest BCUT2D eigenvalue weighted by Crippen LogP contribution is -2.42. The molecule has 0 radical (unpaired) electrons. The topological polar surface area (TPSA) is 157 Å². The number of methoxy groups -OCH3 is 1. The Morgan fingerprint density at radius 3 is 2.84 bits per heavy atom. The predicted molar refractivity (Wildman–Crippen MR) is 109 cm³/mol. The average molecular weight is 429 g/mol. The fourth-order valence-corrected chi connectivity index (χ4v) is 3.51. The molecule has 4 N–H and O–H groups in total. The van der Waals surface area contributed by atoms with Crippen LogP contribution in [0.5, 0.6) is 5.75 Å². The molecule has 0 saturated carbocycles. The quantitative estimate of drug-likeness (QED) is 0.410. The third kappa shape index (κ3) is 3.54. The molecular formula is C19H23N7O5. The second-order valence-electron chi connectivity index (χ2n) is 6.87. The molecule has 1 amide bonds. The third-order valence-corrected chi connectivity index (χ3v) is 5.02. The molecule has 4 unspecified atom stereocenters.